The third-order valence-corrected chi connectivity index (χ3v) is 6.36. The van der Waals surface area contributed by atoms with E-state index in [-0.39, 0.29) is 11.7 Å². The van der Waals surface area contributed by atoms with E-state index in [0.717, 1.165) is 15.3 Å². The Morgan fingerprint density at radius 2 is 1.93 bits per heavy atom. The molecule has 0 aliphatic heterocycles. The fourth-order valence-electron chi connectivity index (χ4n) is 2.71. The summed E-state index contributed by atoms with van der Waals surface area (Å²) in [6.45, 7) is 1.22. The van der Waals surface area contributed by atoms with Crippen molar-refractivity contribution in [1.29, 1.82) is 0 Å². The third-order valence-electron chi connectivity index (χ3n) is 4.31. The first-order valence-electron chi connectivity index (χ1n) is 9.25. The van der Waals surface area contributed by atoms with Crippen LogP contribution in [0.2, 0.25) is 0 Å². The third kappa shape index (κ3) is 5.68. The number of hydrogen-bond acceptors (Lipinski definition) is 6. The Labute approximate surface area is 178 Å². The van der Waals surface area contributed by atoms with E-state index >= 15 is 0 Å². The van der Waals surface area contributed by atoms with E-state index in [2.05, 4.69) is 4.98 Å². The number of anilines is 1. The van der Waals surface area contributed by atoms with Crippen LogP contribution in [0.4, 0.5) is 9.52 Å². The highest BCUT2D eigenvalue weighted by molar-refractivity contribution is 7.99. The number of thiazole rings is 1. The highest BCUT2D eigenvalue weighted by Crippen LogP contribution is 2.31. The van der Waals surface area contributed by atoms with Crippen LogP contribution in [0.1, 0.15) is 6.42 Å². The van der Waals surface area contributed by atoms with Gasteiger partial charge >= 0.3 is 0 Å². The normalized spacial score (nSPS) is 11.2. The number of para-hydroxylation sites is 1. The molecule has 0 fully saturated rings. The molecule has 0 saturated heterocycles. The zero-order chi connectivity index (χ0) is 20.8. The van der Waals surface area contributed by atoms with Crippen molar-refractivity contribution in [2.75, 3.05) is 44.9 Å². The first-order chi connectivity index (χ1) is 14.0. The number of carbonyl (C=O) groups is 1. The van der Waals surface area contributed by atoms with Crippen LogP contribution < -0.4 is 9.64 Å². The molecule has 1 amide bonds. The number of benzene rings is 2. The zero-order valence-electron chi connectivity index (χ0n) is 16.7. The summed E-state index contributed by atoms with van der Waals surface area (Å²) in [5.41, 5.74) is 0.322. The average molecular weight is 434 g/mol. The lowest BCUT2D eigenvalue weighted by atomic mass is 10.3. The van der Waals surface area contributed by atoms with Crippen molar-refractivity contribution in [3.05, 3.63) is 48.3 Å². The van der Waals surface area contributed by atoms with Crippen LogP contribution in [-0.2, 0) is 4.79 Å². The number of fused-ring (bicyclic) bond motifs is 1. The standard InChI is InChI=1S/C21H24FN3O2S2/c1-24(2)12-13-25(21-23-20-17(22)5-4-6-18(20)29-21)19(26)11-14-28-16-9-7-15(27-3)8-10-16/h4-10H,11-14H2,1-3H3. The molecule has 8 heteroatoms. The second-order valence-corrected chi connectivity index (χ2v) is 8.88. The molecule has 1 heterocycles. The van der Waals surface area contributed by atoms with E-state index in [1.807, 2.05) is 49.3 Å². The van der Waals surface area contributed by atoms with Crippen LogP contribution in [0, 0.1) is 5.82 Å². The summed E-state index contributed by atoms with van der Waals surface area (Å²) < 4.78 is 20.0. The number of amides is 1. The molecule has 154 valence electrons. The number of likely N-dealkylation sites (N-methyl/N-ethyl adjacent to an activating group) is 1. The SMILES string of the molecule is COc1ccc(SCCC(=O)N(CCN(C)C)c2nc3c(F)cccc3s2)cc1. The summed E-state index contributed by atoms with van der Waals surface area (Å²) in [6, 6.07) is 12.7. The molecule has 0 N–H and O–H groups in total. The minimum atomic E-state index is -0.361. The quantitative estimate of drug-likeness (QED) is 0.464. The van der Waals surface area contributed by atoms with Gasteiger partial charge in [-0.3, -0.25) is 9.69 Å². The lowest BCUT2D eigenvalue weighted by Crippen LogP contribution is -2.36. The Morgan fingerprint density at radius 1 is 1.17 bits per heavy atom. The van der Waals surface area contributed by atoms with Crippen LogP contribution in [0.15, 0.2) is 47.4 Å². The van der Waals surface area contributed by atoms with Gasteiger partial charge in [0.05, 0.1) is 11.8 Å². The fourth-order valence-corrected chi connectivity index (χ4v) is 4.57. The van der Waals surface area contributed by atoms with E-state index in [0.29, 0.717) is 35.9 Å². The molecule has 0 bridgehead atoms. The average Bonchev–Trinajstić information content (AvgIpc) is 3.14. The number of halogens is 1. The molecule has 0 aliphatic rings. The molecule has 29 heavy (non-hydrogen) atoms. The maximum absolute atomic E-state index is 14.0. The van der Waals surface area contributed by atoms with E-state index in [4.69, 9.17) is 4.74 Å². The lowest BCUT2D eigenvalue weighted by Gasteiger charge is -2.22. The van der Waals surface area contributed by atoms with Crippen LogP contribution in [0.5, 0.6) is 5.75 Å². The van der Waals surface area contributed by atoms with E-state index in [1.54, 1.807) is 29.8 Å². The molecule has 0 spiro atoms. The largest absolute Gasteiger partial charge is 0.497 e. The molecule has 0 atom stereocenters. The number of thioether (sulfide) groups is 1. The van der Waals surface area contributed by atoms with Crippen LogP contribution in [0.25, 0.3) is 10.2 Å². The van der Waals surface area contributed by atoms with Gasteiger partial charge in [0, 0.05) is 30.2 Å². The minimum Gasteiger partial charge on any atom is -0.497 e. The number of hydrogen-bond donors (Lipinski definition) is 0. The summed E-state index contributed by atoms with van der Waals surface area (Å²) >= 11 is 2.97. The predicted octanol–water partition coefficient (Wildman–Crippen LogP) is 4.52. The van der Waals surface area contributed by atoms with Crippen LogP contribution in [0.3, 0.4) is 0 Å². The predicted molar refractivity (Wildman–Crippen MR) is 119 cm³/mol. The Hall–Kier alpha value is -2.16. The van der Waals surface area contributed by atoms with Gasteiger partial charge in [-0.25, -0.2) is 9.37 Å². The first-order valence-corrected chi connectivity index (χ1v) is 11.0. The van der Waals surface area contributed by atoms with Crippen molar-refractivity contribution >= 4 is 44.4 Å². The maximum Gasteiger partial charge on any atom is 0.229 e. The van der Waals surface area contributed by atoms with Gasteiger partial charge in [-0.1, -0.05) is 17.4 Å². The van der Waals surface area contributed by atoms with Gasteiger partial charge in [-0.05, 0) is 50.5 Å². The first kappa shape index (κ1) is 21.5. The fraction of sp³-hybridized carbons (Fsp3) is 0.333. The zero-order valence-corrected chi connectivity index (χ0v) is 18.4. The summed E-state index contributed by atoms with van der Waals surface area (Å²) in [7, 11) is 5.55. The van der Waals surface area contributed by atoms with E-state index in [9.17, 15) is 9.18 Å². The van der Waals surface area contributed by atoms with Gasteiger partial charge in [0.25, 0.3) is 0 Å². The van der Waals surface area contributed by atoms with Gasteiger partial charge < -0.3 is 9.64 Å². The number of carbonyl (C=O) groups excluding carboxylic acids is 1. The van der Waals surface area contributed by atoms with Crippen LogP contribution >= 0.6 is 23.1 Å². The van der Waals surface area contributed by atoms with E-state index in [1.165, 1.54) is 17.4 Å². The summed E-state index contributed by atoms with van der Waals surface area (Å²) in [5.74, 6) is 1.10. The monoisotopic (exact) mass is 433 g/mol. The smallest absolute Gasteiger partial charge is 0.229 e. The van der Waals surface area contributed by atoms with Crippen molar-refractivity contribution in [3.63, 3.8) is 0 Å². The molecule has 3 rings (SSSR count). The molecular weight excluding hydrogens is 409 g/mol. The Balaban J connectivity index is 1.69. The van der Waals surface area contributed by atoms with Crippen LogP contribution in [-0.4, -0.2) is 55.8 Å². The van der Waals surface area contributed by atoms with Gasteiger partial charge in [-0.15, -0.1) is 11.8 Å². The molecule has 0 saturated carbocycles. The Bertz CT molecular complexity index is 960. The Kier molecular flexibility index (Phi) is 7.46. The van der Waals surface area contributed by atoms with Crippen molar-refractivity contribution in [2.45, 2.75) is 11.3 Å². The number of methoxy groups -OCH3 is 1. The summed E-state index contributed by atoms with van der Waals surface area (Å²) in [4.78, 5) is 22.1. The van der Waals surface area contributed by atoms with Gasteiger partial charge in [0.15, 0.2) is 5.13 Å². The molecule has 0 radical (unpaired) electrons. The maximum atomic E-state index is 14.0. The van der Waals surface area contributed by atoms with Crippen molar-refractivity contribution < 1.29 is 13.9 Å². The highest BCUT2D eigenvalue weighted by Gasteiger charge is 2.20. The van der Waals surface area contributed by atoms with Gasteiger partial charge in [0.1, 0.15) is 17.1 Å². The molecule has 3 aromatic rings. The molecule has 0 aliphatic carbocycles. The topological polar surface area (TPSA) is 45.7 Å². The summed E-state index contributed by atoms with van der Waals surface area (Å²) in [5, 5.41) is 0.548. The van der Waals surface area contributed by atoms with E-state index < -0.39 is 0 Å². The van der Waals surface area contributed by atoms with Gasteiger partial charge in [-0.2, -0.15) is 0 Å². The van der Waals surface area contributed by atoms with Gasteiger partial charge in [0.2, 0.25) is 5.91 Å². The highest BCUT2D eigenvalue weighted by atomic mass is 32.2. The molecule has 0 unspecified atom stereocenters. The minimum absolute atomic E-state index is 0.00711. The van der Waals surface area contributed by atoms with Crippen molar-refractivity contribution in [1.82, 2.24) is 9.88 Å². The molecular formula is C21H24FN3O2S2. The molecule has 2 aromatic carbocycles. The second-order valence-electron chi connectivity index (χ2n) is 6.71. The number of aromatic nitrogens is 1. The van der Waals surface area contributed by atoms with Crippen molar-refractivity contribution in [2.24, 2.45) is 0 Å². The molecule has 1 aromatic heterocycles. The second kappa shape index (κ2) is 10.0. The summed E-state index contributed by atoms with van der Waals surface area (Å²) in [6.07, 6.45) is 0.378. The number of nitrogens with zero attached hydrogens (tertiary/aromatic N) is 3. The number of ether oxygens (including phenoxy) is 1. The Morgan fingerprint density at radius 3 is 2.59 bits per heavy atom. The molecule has 5 nitrogen and oxygen atoms in total. The number of rotatable bonds is 9. The van der Waals surface area contributed by atoms with Crippen molar-refractivity contribution in [3.8, 4) is 5.75 Å². The lowest BCUT2D eigenvalue weighted by molar-refractivity contribution is -0.118.